The topological polar surface area (TPSA) is 40.5 Å². The molecule has 1 aliphatic rings. The average molecular weight is 187 g/mol. The number of nitrogens with zero attached hydrogens (tertiary/aromatic N) is 1. The fourth-order valence-corrected chi connectivity index (χ4v) is 1.55. The molecule has 1 N–H and O–H groups in total. The van der Waals surface area contributed by atoms with Crippen LogP contribution in [0.5, 0.6) is 0 Å². The highest BCUT2D eigenvalue weighted by Crippen LogP contribution is 2.17. The van der Waals surface area contributed by atoms with Gasteiger partial charge in [-0.15, -0.1) is 0 Å². The summed E-state index contributed by atoms with van der Waals surface area (Å²) in [4.78, 5) is 12.9. The molecule has 0 aromatic carbocycles. The zero-order valence-electron chi connectivity index (χ0n) is 9.08. The standard InChI is InChI=1S/C8H15NO2.C2H6/c1-3-8(11)9-5-7(10)4-6(9)2;1-2/h6-7,10H,3-5H2,1-2H3;1-2H3/t6-,7-;/m1./s1. The number of carbonyl (C=O) groups excluding carboxylic acids is 1. The molecule has 1 rings (SSSR count). The van der Waals surface area contributed by atoms with Crippen molar-refractivity contribution in [2.24, 2.45) is 0 Å². The molecule has 0 radical (unpaired) electrons. The lowest BCUT2D eigenvalue weighted by molar-refractivity contribution is -0.131. The lowest BCUT2D eigenvalue weighted by Gasteiger charge is -2.19. The van der Waals surface area contributed by atoms with Gasteiger partial charge in [0.05, 0.1) is 6.10 Å². The van der Waals surface area contributed by atoms with Gasteiger partial charge in [0.25, 0.3) is 0 Å². The van der Waals surface area contributed by atoms with E-state index < -0.39 is 0 Å². The van der Waals surface area contributed by atoms with E-state index in [1.54, 1.807) is 4.90 Å². The van der Waals surface area contributed by atoms with Gasteiger partial charge in [0.2, 0.25) is 5.91 Å². The Bertz CT molecular complexity index is 159. The van der Waals surface area contributed by atoms with Crippen molar-refractivity contribution in [1.82, 2.24) is 4.90 Å². The second-order valence-electron chi connectivity index (χ2n) is 3.14. The quantitative estimate of drug-likeness (QED) is 0.674. The predicted octanol–water partition coefficient (Wildman–Crippen LogP) is 1.40. The van der Waals surface area contributed by atoms with E-state index in [9.17, 15) is 9.90 Å². The van der Waals surface area contributed by atoms with Crippen molar-refractivity contribution < 1.29 is 9.90 Å². The maximum atomic E-state index is 11.2. The van der Waals surface area contributed by atoms with Gasteiger partial charge < -0.3 is 10.0 Å². The summed E-state index contributed by atoms with van der Waals surface area (Å²) < 4.78 is 0. The van der Waals surface area contributed by atoms with Crippen molar-refractivity contribution in [3.8, 4) is 0 Å². The van der Waals surface area contributed by atoms with E-state index in [0.717, 1.165) is 6.42 Å². The molecule has 0 bridgehead atoms. The minimum Gasteiger partial charge on any atom is -0.391 e. The Labute approximate surface area is 80.7 Å². The molecule has 3 nitrogen and oxygen atoms in total. The van der Waals surface area contributed by atoms with Crippen LogP contribution < -0.4 is 0 Å². The van der Waals surface area contributed by atoms with Crippen molar-refractivity contribution in [1.29, 1.82) is 0 Å². The molecule has 0 unspecified atom stereocenters. The maximum absolute atomic E-state index is 11.2. The van der Waals surface area contributed by atoms with Crippen molar-refractivity contribution in [2.75, 3.05) is 6.54 Å². The van der Waals surface area contributed by atoms with Crippen LogP contribution in [0.15, 0.2) is 0 Å². The second-order valence-corrected chi connectivity index (χ2v) is 3.14. The Hall–Kier alpha value is -0.570. The summed E-state index contributed by atoms with van der Waals surface area (Å²) in [7, 11) is 0. The zero-order valence-corrected chi connectivity index (χ0v) is 9.08. The van der Waals surface area contributed by atoms with Gasteiger partial charge in [-0.2, -0.15) is 0 Å². The van der Waals surface area contributed by atoms with E-state index in [4.69, 9.17) is 0 Å². The molecular formula is C10H21NO2. The maximum Gasteiger partial charge on any atom is 0.222 e. The van der Waals surface area contributed by atoms with Gasteiger partial charge in [-0.05, 0) is 13.3 Å². The summed E-state index contributed by atoms with van der Waals surface area (Å²) in [5.41, 5.74) is 0. The van der Waals surface area contributed by atoms with Crippen LogP contribution >= 0.6 is 0 Å². The van der Waals surface area contributed by atoms with Crippen LogP contribution in [0, 0.1) is 0 Å². The van der Waals surface area contributed by atoms with Gasteiger partial charge in [-0.3, -0.25) is 4.79 Å². The highest BCUT2D eigenvalue weighted by Gasteiger charge is 2.29. The van der Waals surface area contributed by atoms with Crippen LogP contribution in [0.25, 0.3) is 0 Å². The smallest absolute Gasteiger partial charge is 0.222 e. The van der Waals surface area contributed by atoms with Crippen LogP contribution in [0.2, 0.25) is 0 Å². The van der Waals surface area contributed by atoms with Gasteiger partial charge in [-0.25, -0.2) is 0 Å². The predicted molar refractivity (Wildman–Crippen MR) is 53.4 cm³/mol. The monoisotopic (exact) mass is 187 g/mol. The number of carbonyl (C=O) groups is 1. The third-order valence-corrected chi connectivity index (χ3v) is 2.18. The number of rotatable bonds is 1. The zero-order chi connectivity index (χ0) is 10.4. The molecule has 1 fully saturated rings. The SMILES string of the molecule is CC.CCC(=O)N1C[C@H](O)C[C@H]1C. The van der Waals surface area contributed by atoms with Crippen LogP contribution in [0.3, 0.4) is 0 Å². The van der Waals surface area contributed by atoms with Gasteiger partial charge in [0.1, 0.15) is 0 Å². The molecule has 2 atom stereocenters. The second kappa shape index (κ2) is 5.97. The number of hydrogen-bond donors (Lipinski definition) is 1. The van der Waals surface area contributed by atoms with Crippen LogP contribution in [0.1, 0.15) is 40.5 Å². The van der Waals surface area contributed by atoms with Gasteiger partial charge >= 0.3 is 0 Å². The van der Waals surface area contributed by atoms with Gasteiger partial charge in [0.15, 0.2) is 0 Å². The molecule has 78 valence electrons. The van der Waals surface area contributed by atoms with Crippen molar-refractivity contribution in [2.45, 2.75) is 52.7 Å². The molecule has 0 spiro atoms. The minimum atomic E-state index is -0.305. The van der Waals surface area contributed by atoms with E-state index in [-0.39, 0.29) is 18.1 Å². The van der Waals surface area contributed by atoms with Crippen molar-refractivity contribution in [3.05, 3.63) is 0 Å². The van der Waals surface area contributed by atoms with Crippen molar-refractivity contribution in [3.63, 3.8) is 0 Å². The molecule has 3 heteroatoms. The Kier molecular flexibility index (Phi) is 5.71. The number of likely N-dealkylation sites (tertiary alicyclic amines) is 1. The Balaban J connectivity index is 0.000000671. The largest absolute Gasteiger partial charge is 0.391 e. The summed E-state index contributed by atoms with van der Waals surface area (Å²) in [6, 6.07) is 0.220. The van der Waals surface area contributed by atoms with Crippen LogP contribution in [0.4, 0.5) is 0 Å². The van der Waals surface area contributed by atoms with E-state index in [1.165, 1.54) is 0 Å². The van der Waals surface area contributed by atoms with E-state index >= 15 is 0 Å². The molecule has 1 amide bonds. The summed E-state index contributed by atoms with van der Waals surface area (Å²) in [6.45, 7) is 8.34. The molecule has 0 saturated carbocycles. The third kappa shape index (κ3) is 3.35. The summed E-state index contributed by atoms with van der Waals surface area (Å²) >= 11 is 0. The first-order valence-electron chi connectivity index (χ1n) is 5.12. The Morgan fingerprint density at radius 2 is 2.08 bits per heavy atom. The molecule has 1 saturated heterocycles. The van der Waals surface area contributed by atoms with E-state index in [2.05, 4.69) is 0 Å². The molecule has 0 aromatic rings. The summed E-state index contributed by atoms with van der Waals surface area (Å²) in [6.07, 6.45) is 0.962. The van der Waals surface area contributed by atoms with E-state index in [1.807, 2.05) is 27.7 Å². The third-order valence-electron chi connectivity index (χ3n) is 2.18. The fraction of sp³-hybridized carbons (Fsp3) is 0.900. The van der Waals surface area contributed by atoms with E-state index in [0.29, 0.717) is 13.0 Å². The van der Waals surface area contributed by atoms with Gasteiger partial charge in [0, 0.05) is 19.0 Å². The lowest BCUT2D eigenvalue weighted by atomic mass is 10.2. The molecular weight excluding hydrogens is 166 g/mol. The lowest BCUT2D eigenvalue weighted by Crippen LogP contribution is -2.33. The highest BCUT2D eigenvalue weighted by molar-refractivity contribution is 5.76. The summed E-state index contributed by atoms with van der Waals surface area (Å²) in [5, 5.41) is 9.22. The number of aliphatic hydroxyl groups excluding tert-OH is 1. The Morgan fingerprint density at radius 1 is 1.54 bits per heavy atom. The molecule has 1 aliphatic heterocycles. The summed E-state index contributed by atoms with van der Waals surface area (Å²) in [5.74, 6) is 0.147. The van der Waals surface area contributed by atoms with Crippen molar-refractivity contribution >= 4 is 5.91 Å². The van der Waals surface area contributed by atoms with Crippen LogP contribution in [-0.2, 0) is 4.79 Å². The molecule has 1 heterocycles. The molecule has 0 aromatic heterocycles. The first-order chi connectivity index (χ1) is 6.15. The van der Waals surface area contributed by atoms with Crippen LogP contribution in [-0.4, -0.2) is 34.6 Å². The fourth-order valence-electron chi connectivity index (χ4n) is 1.55. The number of amides is 1. The number of hydrogen-bond acceptors (Lipinski definition) is 2. The number of aliphatic hydroxyl groups is 1. The first-order valence-corrected chi connectivity index (χ1v) is 5.12. The molecule has 13 heavy (non-hydrogen) atoms. The Morgan fingerprint density at radius 3 is 2.38 bits per heavy atom. The minimum absolute atomic E-state index is 0.147. The number of β-amino-alcohol motifs (C(OH)–C–C–N with tert-alkyl or cyclic N) is 1. The van der Waals surface area contributed by atoms with Gasteiger partial charge in [-0.1, -0.05) is 20.8 Å². The highest BCUT2D eigenvalue weighted by atomic mass is 16.3. The first kappa shape index (κ1) is 12.4. The molecule has 0 aliphatic carbocycles. The normalized spacial score (nSPS) is 26.7. The average Bonchev–Trinajstić information content (AvgIpc) is 2.47.